The summed E-state index contributed by atoms with van der Waals surface area (Å²) >= 11 is 0. The molecule has 2 N–H and O–H groups in total. The van der Waals surface area contributed by atoms with Gasteiger partial charge in [-0.1, -0.05) is 47.7 Å². The number of aromatic carboxylic acids is 1. The Morgan fingerprint density at radius 1 is 1.00 bits per heavy atom. The predicted molar refractivity (Wildman–Crippen MR) is 129 cm³/mol. The number of carboxylic acids is 1. The van der Waals surface area contributed by atoms with Crippen LogP contribution < -0.4 is 10.1 Å². The molecule has 0 saturated heterocycles. The number of carboxylic acid groups (broad SMARTS) is 1. The molecule has 1 amide bonds. The molecule has 36 heavy (non-hydrogen) atoms. The third-order valence-corrected chi connectivity index (χ3v) is 6.17. The molecule has 182 valence electrons. The van der Waals surface area contributed by atoms with Crippen LogP contribution in [0.4, 0.5) is 4.39 Å². The van der Waals surface area contributed by atoms with Crippen LogP contribution in [-0.2, 0) is 12.1 Å². The molecular formula is C27H23FN4O4. The van der Waals surface area contributed by atoms with Gasteiger partial charge in [0, 0.05) is 5.56 Å². The van der Waals surface area contributed by atoms with E-state index in [-0.39, 0.29) is 30.4 Å². The van der Waals surface area contributed by atoms with Crippen LogP contribution in [0.15, 0.2) is 78.9 Å². The minimum atomic E-state index is -0.999. The Morgan fingerprint density at radius 2 is 1.69 bits per heavy atom. The van der Waals surface area contributed by atoms with Gasteiger partial charge in [0.05, 0.1) is 17.6 Å². The highest BCUT2D eigenvalue weighted by Gasteiger charge is 2.46. The Morgan fingerprint density at radius 3 is 2.33 bits per heavy atom. The van der Waals surface area contributed by atoms with E-state index in [4.69, 9.17) is 4.74 Å². The van der Waals surface area contributed by atoms with E-state index in [0.717, 1.165) is 24.0 Å². The maximum absolute atomic E-state index is 13.6. The van der Waals surface area contributed by atoms with E-state index >= 15 is 0 Å². The lowest BCUT2D eigenvalue weighted by Crippen LogP contribution is -2.36. The zero-order valence-electron chi connectivity index (χ0n) is 19.2. The van der Waals surface area contributed by atoms with E-state index in [9.17, 15) is 19.1 Å². The number of hydrogen-bond acceptors (Lipinski definition) is 5. The van der Waals surface area contributed by atoms with Crippen molar-refractivity contribution in [3.05, 3.63) is 102 Å². The van der Waals surface area contributed by atoms with Crippen LogP contribution in [0.2, 0.25) is 0 Å². The summed E-state index contributed by atoms with van der Waals surface area (Å²) in [6.45, 7) is 0.450. The zero-order chi connectivity index (χ0) is 25.1. The van der Waals surface area contributed by atoms with Crippen molar-refractivity contribution >= 4 is 11.9 Å². The van der Waals surface area contributed by atoms with E-state index in [0.29, 0.717) is 17.1 Å². The minimum Gasteiger partial charge on any atom is -0.492 e. The lowest BCUT2D eigenvalue weighted by Gasteiger charge is -2.19. The smallest absolute Gasteiger partial charge is 0.335 e. The van der Waals surface area contributed by atoms with Crippen molar-refractivity contribution in [3.8, 4) is 17.0 Å². The second kappa shape index (κ2) is 9.61. The SMILES string of the molecule is O=C(O)c1ccc(C2(NC(=O)c3c(-c4ccccc4)nnn3CCOc3ccc(F)cc3)CC2)cc1. The summed E-state index contributed by atoms with van der Waals surface area (Å²) in [7, 11) is 0. The van der Waals surface area contributed by atoms with Gasteiger partial charge in [0.1, 0.15) is 23.9 Å². The van der Waals surface area contributed by atoms with Crippen molar-refractivity contribution in [2.75, 3.05) is 6.61 Å². The normalized spacial score (nSPS) is 13.7. The molecule has 1 aliphatic rings. The summed E-state index contributed by atoms with van der Waals surface area (Å²) in [6.07, 6.45) is 1.47. The van der Waals surface area contributed by atoms with Gasteiger partial charge in [-0.05, 0) is 54.8 Å². The zero-order valence-corrected chi connectivity index (χ0v) is 19.2. The largest absolute Gasteiger partial charge is 0.492 e. The number of nitrogens with zero attached hydrogens (tertiary/aromatic N) is 3. The fourth-order valence-corrected chi connectivity index (χ4v) is 4.08. The number of carbonyl (C=O) groups is 2. The maximum atomic E-state index is 13.6. The Bertz CT molecular complexity index is 1380. The molecule has 1 aromatic heterocycles. The molecule has 0 radical (unpaired) electrons. The first-order valence-electron chi connectivity index (χ1n) is 11.5. The fraction of sp³-hybridized carbons (Fsp3) is 0.185. The van der Waals surface area contributed by atoms with Crippen LogP contribution in [0.3, 0.4) is 0 Å². The summed E-state index contributed by atoms with van der Waals surface area (Å²) in [5.74, 6) is -1.18. The molecule has 4 aromatic rings. The maximum Gasteiger partial charge on any atom is 0.335 e. The second-order valence-electron chi connectivity index (χ2n) is 8.60. The standard InChI is InChI=1S/C27H23FN4O4/c28-21-10-12-22(13-11-21)36-17-16-32-24(23(30-31-32)18-4-2-1-3-5-18)25(33)29-27(14-15-27)20-8-6-19(7-9-20)26(34)35/h1-13H,14-17H2,(H,29,33)(H,34,35). The van der Waals surface area contributed by atoms with Crippen molar-refractivity contribution in [2.45, 2.75) is 24.9 Å². The Hall–Kier alpha value is -4.53. The molecule has 1 saturated carbocycles. The molecular weight excluding hydrogens is 463 g/mol. The van der Waals surface area contributed by atoms with Gasteiger partial charge in [-0.25, -0.2) is 13.9 Å². The molecule has 0 spiro atoms. The van der Waals surface area contributed by atoms with Gasteiger partial charge in [0.2, 0.25) is 0 Å². The summed E-state index contributed by atoms with van der Waals surface area (Å²) < 4.78 is 20.3. The highest BCUT2D eigenvalue weighted by molar-refractivity contribution is 5.99. The monoisotopic (exact) mass is 486 g/mol. The highest BCUT2D eigenvalue weighted by atomic mass is 19.1. The summed E-state index contributed by atoms with van der Waals surface area (Å²) in [4.78, 5) is 24.8. The van der Waals surface area contributed by atoms with Crippen LogP contribution in [-0.4, -0.2) is 38.6 Å². The number of ether oxygens (including phenoxy) is 1. The van der Waals surface area contributed by atoms with Gasteiger partial charge < -0.3 is 15.2 Å². The second-order valence-corrected chi connectivity index (χ2v) is 8.60. The topological polar surface area (TPSA) is 106 Å². The first kappa shape index (κ1) is 23.2. The lowest BCUT2D eigenvalue weighted by atomic mass is 10.0. The van der Waals surface area contributed by atoms with Crippen LogP contribution in [0, 0.1) is 5.82 Å². The number of halogens is 1. The third-order valence-electron chi connectivity index (χ3n) is 6.17. The van der Waals surface area contributed by atoms with E-state index in [1.807, 2.05) is 30.3 Å². The number of nitrogens with one attached hydrogen (secondary N) is 1. The number of amides is 1. The molecule has 1 fully saturated rings. The Kier molecular flexibility index (Phi) is 6.20. The van der Waals surface area contributed by atoms with Gasteiger partial charge in [0.25, 0.3) is 5.91 Å². The van der Waals surface area contributed by atoms with Crippen molar-refractivity contribution in [3.63, 3.8) is 0 Å². The highest BCUT2D eigenvalue weighted by Crippen LogP contribution is 2.46. The van der Waals surface area contributed by atoms with Crippen molar-refractivity contribution in [1.29, 1.82) is 0 Å². The van der Waals surface area contributed by atoms with Crippen molar-refractivity contribution < 1.29 is 23.8 Å². The summed E-state index contributed by atoms with van der Waals surface area (Å²) in [5, 5.41) is 20.8. The van der Waals surface area contributed by atoms with Crippen LogP contribution in [0.25, 0.3) is 11.3 Å². The molecule has 9 heteroatoms. The Labute approximate surface area is 206 Å². The fourth-order valence-electron chi connectivity index (χ4n) is 4.08. The van der Waals surface area contributed by atoms with Crippen LogP contribution >= 0.6 is 0 Å². The lowest BCUT2D eigenvalue weighted by molar-refractivity contribution is 0.0696. The molecule has 1 aliphatic carbocycles. The van der Waals surface area contributed by atoms with E-state index in [1.165, 1.54) is 41.1 Å². The van der Waals surface area contributed by atoms with Crippen LogP contribution in [0.5, 0.6) is 5.75 Å². The molecule has 3 aromatic carbocycles. The molecule has 0 atom stereocenters. The summed E-state index contributed by atoms with van der Waals surface area (Å²) in [5.41, 5.74) is 1.98. The predicted octanol–water partition coefficient (Wildman–Crippen LogP) is 4.28. The van der Waals surface area contributed by atoms with E-state index in [1.54, 1.807) is 12.1 Å². The molecule has 8 nitrogen and oxygen atoms in total. The van der Waals surface area contributed by atoms with Crippen molar-refractivity contribution in [1.82, 2.24) is 20.3 Å². The number of hydrogen-bond donors (Lipinski definition) is 2. The number of benzene rings is 3. The average Bonchev–Trinajstić information content (AvgIpc) is 3.55. The number of aromatic nitrogens is 3. The Balaban J connectivity index is 1.39. The first-order chi connectivity index (χ1) is 17.4. The van der Waals surface area contributed by atoms with Gasteiger partial charge in [-0.2, -0.15) is 0 Å². The average molecular weight is 487 g/mol. The molecule has 0 bridgehead atoms. The summed E-state index contributed by atoms with van der Waals surface area (Å²) in [6, 6.07) is 21.6. The number of rotatable bonds is 9. The first-order valence-corrected chi connectivity index (χ1v) is 11.5. The number of carbonyl (C=O) groups excluding carboxylic acids is 1. The van der Waals surface area contributed by atoms with E-state index < -0.39 is 11.5 Å². The van der Waals surface area contributed by atoms with Gasteiger partial charge >= 0.3 is 5.97 Å². The molecule has 5 rings (SSSR count). The molecule has 1 heterocycles. The van der Waals surface area contributed by atoms with Crippen LogP contribution in [0.1, 0.15) is 39.3 Å². The molecule has 0 aliphatic heterocycles. The van der Waals surface area contributed by atoms with Gasteiger partial charge in [-0.15, -0.1) is 5.10 Å². The quantitative estimate of drug-likeness (QED) is 0.366. The third kappa shape index (κ3) is 4.81. The van der Waals surface area contributed by atoms with E-state index in [2.05, 4.69) is 15.6 Å². The van der Waals surface area contributed by atoms with Gasteiger partial charge in [0.15, 0.2) is 5.69 Å². The van der Waals surface area contributed by atoms with Gasteiger partial charge in [-0.3, -0.25) is 4.79 Å². The van der Waals surface area contributed by atoms with Crippen molar-refractivity contribution in [2.24, 2.45) is 0 Å². The molecule has 0 unspecified atom stereocenters. The minimum absolute atomic E-state index is 0.190.